The first-order valence-electron chi connectivity index (χ1n) is 6.37. The number of nitrogens with two attached hydrogens (primary N) is 1. The van der Waals surface area contributed by atoms with E-state index in [-0.39, 0.29) is 5.91 Å². The normalized spacial score (nSPS) is 10.2. The number of benzene rings is 2. The van der Waals surface area contributed by atoms with Gasteiger partial charge in [-0.3, -0.25) is 4.79 Å². The first kappa shape index (κ1) is 13.1. The molecule has 0 unspecified atom stereocenters. The van der Waals surface area contributed by atoms with Crippen LogP contribution >= 0.6 is 0 Å². The van der Waals surface area contributed by atoms with Crippen LogP contribution in [0, 0.1) is 6.92 Å². The van der Waals surface area contributed by atoms with Crippen LogP contribution in [0.15, 0.2) is 42.5 Å². The fraction of sp³-hybridized carbons (Fsp3) is 0.188. The molecule has 0 saturated carbocycles. The number of amides is 1. The summed E-state index contributed by atoms with van der Waals surface area (Å²) in [6.07, 6.45) is 0.875. The molecule has 0 aliphatic carbocycles. The van der Waals surface area contributed by atoms with Crippen LogP contribution in [0.2, 0.25) is 0 Å². The zero-order valence-corrected chi connectivity index (χ0v) is 11.2. The predicted molar refractivity (Wildman–Crippen MR) is 79.4 cm³/mol. The van der Waals surface area contributed by atoms with Crippen molar-refractivity contribution in [3.63, 3.8) is 0 Å². The third kappa shape index (κ3) is 2.94. The van der Waals surface area contributed by atoms with E-state index in [1.807, 2.05) is 37.3 Å². The Morgan fingerprint density at radius 2 is 1.95 bits per heavy atom. The number of hydrogen-bond donors (Lipinski definition) is 2. The molecule has 0 heterocycles. The highest BCUT2D eigenvalue weighted by Crippen LogP contribution is 2.19. The van der Waals surface area contributed by atoms with Gasteiger partial charge in [-0.2, -0.15) is 0 Å². The maximum Gasteiger partial charge on any atom is 0.257 e. The number of carbonyl (C=O) groups is 1. The van der Waals surface area contributed by atoms with Crippen molar-refractivity contribution in [2.75, 3.05) is 11.1 Å². The fourth-order valence-corrected chi connectivity index (χ4v) is 2.01. The summed E-state index contributed by atoms with van der Waals surface area (Å²) < 4.78 is 0. The molecule has 0 atom stereocenters. The molecule has 0 radical (unpaired) electrons. The molecule has 19 heavy (non-hydrogen) atoms. The van der Waals surface area contributed by atoms with E-state index < -0.39 is 0 Å². The number of nitrogen functional groups attached to an aromatic ring is 1. The standard InChI is InChI=1S/C16H18N2O/c1-3-12-6-4-5-7-15(12)18-16(19)13-10-11(2)8-9-14(13)17/h4-10H,3,17H2,1-2H3,(H,18,19). The zero-order valence-electron chi connectivity index (χ0n) is 11.2. The Labute approximate surface area is 113 Å². The number of aryl methyl sites for hydroxylation is 2. The number of hydrogen-bond acceptors (Lipinski definition) is 2. The lowest BCUT2D eigenvalue weighted by Crippen LogP contribution is -2.15. The number of carbonyl (C=O) groups excluding carboxylic acids is 1. The molecule has 1 amide bonds. The second-order valence-corrected chi connectivity index (χ2v) is 4.56. The lowest BCUT2D eigenvalue weighted by atomic mass is 10.1. The summed E-state index contributed by atoms with van der Waals surface area (Å²) >= 11 is 0. The van der Waals surface area contributed by atoms with Crippen molar-refractivity contribution in [2.45, 2.75) is 20.3 Å². The number of rotatable bonds is 3. The van der Waals surface area contributed by atoms with Crippen molar-refractivity contribution < 1.29 is 4.79 Å². The minimum absolute atomic E-state index is 0.165. The lowest BCUT2D eigenvalue weighted by Gasteiger charge is -2.11. The molecule has 3 N–H and O–H groups in total. The molecular weight excluding hydrogens is 236 g/mol. The van der Waals surface area contributed by atoms with Gasteiger partial charge in [0.2, 0.25) is 0 Å². The maximum atomic E-state index is 12.3. The second-order valence-electron chi connectivity index (χ2n) is 4.56. The van der Waals surface area contributed by atoms with Gasteiger partial charge in [-0.25, -0.2) is 0 Å². The molecular formula is C16H18N2O. The highest BCUT2D eigenvalue weighted by atomic mass is 16.1. The number of nitrogens with one attached hydrogen (secondary N) is 1. The van der Waals surface area contributed by atoms with Gasteiger partial charge in [0.15, 0.2) is 0 Å². The van der Waals surface area contributed by atoms with Gasteiger partial charge in [-0.15, -0.1) is 0 Å². The van der Waals surface area contributed by atoms with Crippen molar-refractivity contribution in [2.24, 2.45) is 0 Å². The van der Waals surface area contributed by atoms with Crippen LogP contribution in [0.1, 0.15) is 28.4 Å². The highest BCUT2D eigenvalue weighted by Gasteiger charge is 2.11. The molecule has 0 fully saturated rings. The summed E-state index contributed by atoms with van der Waals surface area (Å²) in [5.41, 5.74) is 9.84. The van der Waals surface area contributed by atoms with Gasteiger partial charge in [-0.05, 0) is 37.1 Å². The van der Waals surface area contributed by atoms with Crippen molar-refractivity contribution in [3.8, 4) is 0 Å². The van der Waals surface area contributed by atoms with Crippen LogP contribution < -0.4 is 11.1 Å². The summed E-state index contributed by atoms with van der Waals surface area (Å²) in [5.74, 6) is -0.165. The van der Waals surface area contributed by atoms with Gasteiger partial charge < -0.3 is 11.1 Å². The molecule has 2 rings (SSSR count). The van der Waals surface area contributed by atoms with Crippen LogP contribution in [-0.2, 0) is 6.42 Å². The molecule has 98 valence electrons. The van der Waals surface area contributed by atoms with Crippen LogP contribution in [0.5, 0.6) is 0 Å². The van der Waals surface area contributed by atoms with E-state index in [1.54, 1.807) is 12.1 Å². The Bertz CT molecular complexity index is 605. The third-order valence-electron chi connectivity index (χ3n) is 3.10. The molecule has 0 bridgehead atoms. The fourth-order valence-electron chi connectivity index (χ4n) is 2.01. The van der Waals surface area contributed by atoms with E-state index in [2.05, 4.69) is 12.2 Å². The monoisotopic (exact) mass is 254 g/mol. The number of anilines is 2. The Morgan fingerprint density at radius 3 is 2.68 bits per heavy atom. The van der Waals surface area contributed by atoms with Crippen LogP contribution in [0.4, 0.5) is 11.4 Å². The van der Waals surface area contributed by atoms with Crippen molar-refractivity contribution in [3.05, 3.63) is 59.2 Å². The van der Waals surface area contributed by atoms with Crippen molar-refractivity contribution >= 4 is 17.3 Å². The third-order valence-corrected chi connectivity index (χ3v) is 3.10. The smallest absolute Gasteiger partial charge is 0.257 e. The van der Waals surface area contributed by atoms with Gasteiger partial charge in [0.25, 0.3) is 5.91 Å². The predicted octanol–water partition coefficient (Wildman–Crippen LogP) is 3.39. The largest absolute Gasteiger partial charge is 0.398 e. The molecule has 0 aliphatic rings. The van der Waals surface area contributed by atoms with E-state index in [0.717, 1.165) is 23.2 Å². The van der Waals surface area contributed by atoms with Gasteiger partial charge in [0.05, 0.1) is 5.56 Å². The van der Waals surface area contributed by atoms with Gasteiger partial charge in [0.1, 0.15) is 0 Å². The molecule has 0 spiro atoms. The van der Waals surface area contributed by atoms with Crippen LogP contribution in [-0.4, -0.2) is 5.91 Å². The average Bonchev–Trinajstić information content (AvgIpc) is 2.42. The van der Waals surface area contributed by atoms with E-state index >= 15 is 0 Å². The lowest BCUT2D eigenvalue weighted by molar-refractivity contribution is 0.102. The first-order valence-corrected chi connectivity index (χ1v) is 6.37. The zero-order chi connectivity index (χ0) is 13.8. The number of para-hydroxylation sites is 1. The molecule has 0 saturated heterocycles. The Kier molecular flexibility index (Phi) is 3.85. The van der Waals surface area contributed by atoms with E-state index in [9.17, 15) is 4.79 Å². The Hall–Kier alpha value is -2.29. The van der Waals surface area contributed by atoms with Crippen LogP contribution in [0.3, 0.4) is 0 Å². The molecule has 0 aromatic heterocycles. The average molecular weight is 254 g/mol. The summed E-state index contributed by atoms with van der Waals surface area (Å²) in [6.45, 7) is 4.00. The molecule has 3 nitrogen and oxygen atoms in total. The van der Waals surface area contributed by atoms with Gasteiger partial charge in [-0.1, -0.05) is 36.8 Å². The first-order chi connectivity index (χ1) is 9.11. The summed E-state index contributed by atoms with van der Waals surface area (Å²) in [7, 11) is 0. The molecule has 3 heteroatoms. The minimum Gasteiger partial charge on any atom is -0.398 e. The Balaban J connectivity index is 2.28. The Morgan fingerprint density at radius 1 is 1.21 bits per heavy atom. The van der Waals surface area contributed by atoms with E-state index in [4.69, 9.17) is 5.73 Å². The topological polar surface area (TPSA) is 55.1 Å². The summed E-state index contributed by atoms with van der Waals surface area (Å²) in [6, 6.07) is 13.3. The van der Waals surface area contributed by atoms with Crippen LogP contribution in [0.25, 0.3) is 0 Å². The quantitative estimate of drug-likeness (QED) is 0.825. The maximum absolute atomic E-state index is 12.3. The molecule has 2 aromatic carbocycles. The SMILES string of the molecule is CCc1ccccc1NC(=O)c1cc(C)ccc1N. The van der Waals surface area contributed by atoms with Crippen molar-refractivity contribution in [1.29, 1.82) is 0 Å². The van der Waals surface area contributed by atoms with Gasteiger partial charge in [0, 0.05) is 11.4 Å². The van der Waals surface area contributed by atoms with Crippen molar-refractivity contribution in [1.82, 2.24) is 0 Å². The van der Waals surface area contributed by atoms with E-state index in [1.165, 1.54) is 0 Å². The summed E-state index contributed by atoms with van der Waals surface area (Å²) in [5, 5.41) is 2.93. The second kappa shape index (κ2) is 5.57. The highest BCUT2D eigenvalue weighted by molar-refractivity contribution is 6.08. The minimum atomic E-state index is -0.165. The molecule has 0 aliphatic heterocycles. The van der Waals surface area contributed by atoms with E-state index in [0.29, 0.717) is 11.3 Å². The molecule has 2 aromatic rings. The van der Waals surface area contributed by atoms with Gasteiger partial charge >= 0.3 is 0 Å². The summed E-state index contributed by atoms with van der Waals surface area (Å²) in [4.78, 5) is 12.3.